The minimum atomic E-state index is -0.453. The van der Waals surface area contributed by atoms with Crippen LogP contribution in [0.1, 0.15) is 0 Å². The molecule has 1 unspecified atom stereocenters. The Morgan fingerprint density at radius 2 is 2.36 bits per heavy atom. The zero-order chi connectivity index (χ0) is 9.54. The number of hydrogen-bond donors (Lipinski definition) is 1. The zero-order valence-corrected chi connectivity index (χ0v) is 7.34. The third kappa shape index (κ3) is 0.914. The summed E-state index contributed by atoms with van der Waals surface area (Å²) in [6, 6.07) is 3.73. The lowest BCUT2D eigenvalue weighted by Crippen LogP contribution is -2.22. The van der Waals surface area contributed by atoms with E-state index in [1.54, 1.807) is 6.21 Å². The number of rotatable bonds is 1. The fourth-order valence-electron chi connectivity index (χ4n) is 1.67. The fraction of sp³-hybridized carbons (Fsp3) is 0.200. The smallest absolute Gasteiger partial charge is 0.213 e. The maximum Gasteiger partial charge on any atom is 0.213 e. The van der Waals surface area contributed by atoms with Crippen molar-refractivity contribution in [2.75, 3.05) is 6.61 Å². The summed E-state index contributed by atoms with van der Waals surface area (Å²) >= 11 is 0. The fourth-order valence-corrected chi connectivity index (χ4v) is 1.67. The molecule has 2 aliphatic heterocycles. The molecule has 4 nitrogen and oxygen atoms in total. The van der Waals surface area contributed by atoms with E-state index < -0.39 is 6.23 Å². The molecular formula is C10H8N2O2. The molecule has 0 aromatic heterocycles. The molecule has 0 fully saturated rings. The highest BCUT2D eigenvalue weighted by atomic mass is 16.5. The monoisotopic (exact) mass is 188 g/mol. The van der Waals surface area contributed by atoms with Crippen LogP contribution in [0.5, 0.6) is 5.75 Å². The summed E-state index contributed by atoms with van der Waals surface area (Å²) < 4.78 is 5.39. The highest BCUT2D eigenvalue weighted by molar-refractivity contribution is 5.96. The first-order valence-corrected chi connectivity index (χ1v) is 4.41. The highest BCUT2D eigenvalue weighted by Gasteiger charge is 2.18. The molecule has 1 aromatic carbocycles. The van der Waals surface area contributed by atoms with Crippen LogP contribution in [0.3, 0.4) is 0 Å². The highest BCUT2D eigenvalue weighted by Crippen LogP contribution is 2.15. The molecule has 0 saturated heterocycles. The van der Waals surface area contributed by atoms with Crippen LogP contribution in [0.2, 0.25) is 0 Å². The van der Waals surface area contributed by atoms with Gasteiger partial charge in [0.05, 0.1) is 5.69 Å². The predicted octanol–water partition coefficient (Wildman–Crippen LogP) is -0.487. The van der Waals surface area contributed by atoms with Crippen molar-refractivity contribution < 1.29 is 9.84 Å². The molecule has 0 radical (unpaired) electrons. The van der Waals surface area contributed by atoms with E-state index in [4.69, 9.17) is 9.84 Å². The van der Waals surface area contributed by atoms with Crippen LogP contribution in [0.25, 0.3) is 6.08 Å². The van der Waals surface area contributed by atoms with E-state index >= 15 is 0 Å². The Bertz CT molecular complexity index is 534. The SMILES string of the molecule is OCC1N=c2c(ccc3c2=CC=N3)O1. The minimum absolute atomic E-state index is 0.0929. The van der Waals surface area contributed by atoms with Crippen LogP contribution < -0.4 is 15.3 Å². The summed E-state index contributed by atoms with van der Waals surface area (Å²) in [5, 5.41) is 10.7. The summed E-state index contributed by atoms with van der Waals surface area (Å²) in [6.07, 6.45) is 3.19. The molecule has 0 amide bonds. The van der Waals surface area contributed by atoms with E-state index in [1.807, 2.05) is 18.2 Å². The van der Waals surface area contributed by atoms with E-state index in [1.165, 1.54) is 0 Å². The van der Waals surface area contributed by atoms with Crippen molar-refractivity contribution in [1.29, 1.82) is 0 Å². The first kappa shape index (κ1) is 7.70. The van der Waals surface area contributed by atoms with Gasteiger partial charge in [-0.3, -0.25) is 4.99 Å². The quantitative estimate of drug-likeness (QED) is 0.646. The molecule has 3 rings (SSSR count). The Morgan fingerprint density at radius 1 is 1.43 bits per heavy atom. The van der Waals surface area contributed by atoms with Gasteiger partial charge < -0.3 is 9.84 Å². The average molecular weight is 188 g/mol. The number of fused-ring (bicyclic) bond motifs is 3. The molecule has 0 aliphatic carbocycles. The topological polar surface area (TPSA) is 54.2 Å². The third-order valence-electron chi connectivity index (χ3n) is 2.30. The van der Waals surface area contributed by atoms with Gasteiger partial charge in [-0.2, -0.15) is 0 Å². The average Bonchev–Trinajstić information content (AvgIpc) is 2.82. The lowest BCUT2D eigenvalue weighted by atomic mass is 10.2. The Balaban J connectivity index is 2.30. The van der Waals surface area contributed by atoms with Gasteiger partial charge in [-0.25, -0.2) is 4.99 Å². The van der Waals surface area contributed by atoms with Crippen LogP contribution in [0.4, 0.5) is 5.69 Å². The van der Waals surface area contributed by atoms with Crippen LogP contribution in [0, 0.1) is 0 Å². The summed E-state index contributed by atoms with van der Waals surface area (Å²) in [4.78, 5) is 8.43. The molecule has 1 aromatic rings. The summed E-state index contributed by atoms with van der Waals surface area (Å²) in [5.74, 6) is 0.726. The Kier molecular flexibility index (Phi) is 1.46. The van der Waals surface area contributed by atoms with E-state index in [-0.39, 0.29) is 6.61 Å². The molecular weight excluding hydrogens is 180 g/mol. The Morgan fingerprint density at radius 3 is 3.21 bits per heavy atom. The van der Waals surface area contributed by atoms with Gasteiger partial charge in [-0.15, -0.1) is 0 Å². The maximum atomic E-state index is 8.93. The molecule has 0 saturated carbocycles. The van der Waals surface area contributed by atoms with Crippen molar-refractivity contribution in [3.05, 3.63) is 22.7 Å². The van der Waals surface area contributed by atoms with Gasteiger partial charge >= 0.3 is 0 Å². The Hall–Kier alpha value is -1.68. The van der Waals surface area contributed by atoms with Crippen molar-refractivity contribution in [2.24, 2.45) is 9.98 Å². The number of nitrogens with zero attached hydrogens (tertiary/aromatic N) is 2. The van der Waals surface area contributed by atoms with Crippen LogP contribution in [-0.4, -0.2) is 24.2 Å². The molecule has 1 atom stereocenters. The van der Waals surface area contributed by atoms with Gasteiger partial charge in [0.15, 0.2) is 0 Å². The number of aliphatic hydroxyl groups excluding tert-OH is 1. The van der Waals surface area contributed by atoms with Gasteiger partial charge in [-0.1, -0.05) is 0 Å². The largest absolute Gasteiger partial charge is 0.464 e. The van der Waals surface area contributed by atoms with E-state index in [0.717, 1.165) is 22.0 Å². The van der Waals surface area contributed by atoms with E-state index in [9.17, 15) is 0 Å². The van der Waals surface area contributed by atoms with Crippen molar-refractivity contribution >= 4 is 18.0 Å². The molecule has 0 spiro atoms. The van der Waals surface area contributed by atoms with E-state index in [0.29, 0.717) is 0 Å². The van der Waals surface area contributed by atoms with Gasteiger partial charge in [0.2, 0.25) is 6.23 Å². The van der Waals surface area contributed by atoms with Gasteiger partial charge in [0.1, 0.15) is 17.7 Å². The number of aliphatic imine (C=N–C) groups is 1. The first-order chi connectivity index (χ1) is 6.88. The van der Waals surface area contributed by atoms with Crippen molar-refractivity contribution in [3.8, 4) is 5.75 Å². The number of aliphatic hydroxyl groups is 1. The number of ether oxygens (including phenoxy) is 1. The second-order valence-corrected chi connectivity index (χ2v) is 3.17. The predicted molar refractivity (Wildman–Crippen MR) is 51.3 cm³/mol. The zero-order valence-electron chi connectivity index (χ0n) is 7.34. The Labute approximate surface area is 79.9 Å². The van der Waals surface area contributed by atoms with Crippen LogP contribution in [0.15, 0.2) is 22.1 Å². The second-order valence-electron chi connectivity index (χ2n) is 3.17. The second kappa shape index (κ2) is 2.65. The van der Waals surface area contributed by atoms with Gasteiger partial charge in [0, 0.05) is 11.4 Å². The molecule has 14 heavy (non-hydrogen) atoms. The summed E-state index contributed by atoms with van der Waals surface area (Å²) in [5.41, 5.74) is 0.912. The third-order valence-corrected chi connectivity index (χ3v) is 2.30. The first-order valence-electron chi connectivity index (χ1n) is 4.41. The van der Waals surface area contributed by atoms with Crippen LogP contribution >= 0.6 is 0 Å². The summed E-state index contributed by atoms with van der Waals surface area (Å²) in [6.45, 7) is -0.0929. The lowest BCUT2D eigenvalue weighted by molar-refractivity contribution is 0.133. The standard InChI is InChI=1S/C10H8N2O2/c13-5-9-12-10-6-3-4-11-7(6)1-2-8(10)14-9/h1-4,9,13H,5H2. The van der Waals surface area contributed by atoms with E-state index in [2.05, 4.69) is 9.98 Å². The number of hydrogen-bond acceptors (Lipinski definition) is 4. The molecule has 2 heterocycles. The normalized spacial score (nSPS) is 20.8. The van der Waals surface area contributed by atoms with Gasteiger partial charge in [0.25, 0.3) is 0 Å². The molecule has 2 aliphatic rings. The molecule has 0 bridgehead atoms. The number of benzene rings is 1. The van der Waals surface area contributed by atoms with Crippen molar-refractivity contribution in [2.45, 2.75) is 6.23 Å². The molecule has 4 heteroatoms. The maximum absolute atomic E-state index is 8.93. The van der Waals surface area contributed by atoms with Crippen LogP contribution in [-0.2, 0) is 0 Å². The van der Waals surface area contributed by atoms with Crippen molar-refractivity contribution in [3.63, 3.8) is 0 Å². The van der Waals surface area contributed by atoms with Gasteiger partial charge in [-0.05, 0) is 18.2 Å². The lowest BCUT2D eigenvalue weighted by Gasteiger charge is -2.03. The summed E-state index contributed by atoms with van der Waals surface area (Å²) in [7, 11) is 0. The van der Waals surface area contributed by atoms with Crippen molar-refractivity contribution in [1.82, 2.24) is 0 Å². The molecule has 1 N–H and O–H groups in total. The minimum Gasteiger partial charge on any atom is -0.464 e. The molecule has 70 valence electrons.